The molecule has 0 aliphatic carbocycles. The molecule has 9 heteroatoms. The summed E-state index contributed by atoms with van der Waals surface area (Å²) in [6, 6.07) is 8.31. The van der Waals surface area contributed by atoms with E-state index in [4.69, 9.17) is 28.9 Å². The van der Waals surface area contributed by atoms with Crippen LogP contribution >= 0.6 is 23.2 Å². The second kappa shape index (κ2) is 10.2. The van der Waals surface area contributed by atoms with Crippen LogP contribution < -0.4 is 16.4 Å². The van der Waals surface area contributed by atoms with Crippen molar-refractivity contribution in [3.8, 4) is 0 Å². The van der Waals surface area contributed by atoms with Gasteiger partial charge in [0.2, 0.25) is 17.7 Å². The SMILES string of the molecule is CC(=O)N[C@@H](Cc1ccc(F)cc1)C(=O)N[C@H](Cc1c(Cl)cccc1Cl)C(N)=O. The number of halogens is 3. The molecule has 0 spiro atoms. The van der Waals surface area contributed by atoms with Gasteiger partial charge in [-0.05, 0) is 35.4 Å². The summed E-state index contributed by atoms with van der Waals surface area (Å²) in [7, 11) is 0. The maximum Gasteiger partial charge on any atom is 0.243 e. The molecule has 0 saturated carbocycles. The molecular formula is C20H20Cl2FN3O3. The molecule has 0 bridgehead atoms. The van der Waals surface area contributed by atoms with Crippen LogP contribution in [0, 0.1) is 5.82 Å². The first kappa shape index (κ1) is 22.6. The average molecular weight is 440 g/mol. The van der Waals surface area contributed by atoms with Crippen molar-refractivity contribution in [2.75, 3.05) is 0 Å². The number of carbonyl (C=O) groups excluding carboxylic acids is 3. The summed E-state index contributed by atoms with van der Waals surface area (Å²) in [5.41, 5.74) is 6.53. The lowest BCUT2D eigenvalue weighted by atomic mass is 10.0. The van der Waals surface area contributed by atoms with Crippen molar-refractivity contribution in [1.82, 2.24) is 10.6 Å². The number of primary amides is 1. The number of benzene rings is 2. The fraction of sp³-hybridized carbons (Fsp3) is 0.250. The first-order valence-electron chi connectivity index (χ1n) is 8.71. The number of rotatable bonds is 8. The summed E-state index contributed by atoms with van der Waals surface area (Å²) < 4.78 is 13.1. The molecule has 3 amide bonds. The molecular weight excluding hydrogens is 420 g/mol. The predicted octanol–water partition coefficient (Wildman–Crippen LogP) is 2.39. The molecule has 0 radical (unpaired) electrons. The van der Waals surface area contributed by atoms with Crippen LogP contribution in [0.15, 0.2) is 42.5 Å². The lowest BCUT2D eigenvalue weighted by molar-refractivity contribution is -0.130. The fourth-order valence-corrected chi connectivity index (χ4v) is 3.29. The molecule has 29 heavy (non-hydrogen) atoms. The van der Waals surface area contributed by atoms with Gasteiger partial charge in [0.1, 0.15) is 17.9 Å². The maximum atomic E-state index is 13.1. The Labute approximate surface area is 177 Å². The van der Waals surface area contributed by atoms with Crippen molar-refractivity contribution in [2.45, 2.75) is 31.8 Å². The van der Waals surface area contributed by atoms with Crippen LogP contribution in [0.1, 0.15) is 18.1 Å². The Bertz CT molecular complexity index is 886. The molecule has 2 aromatic carbocycles. The summed E-state index contributed by atoms with van der Waals surface area (Å²) in [5, 5.41) is 5.73. The summed E-state index contributed by atoms with van der Waals surface area (Å²) in [4.78, 5) is 36.2. The molecule has 0 saturated heterocycles. The number of hydrogen-bond donors (Lipinski definition) is 3. The van der Waals surface area contributed by atoms with Gasteiger partial charge in [-0.25, -0.2) is 4.39 Å². The number of amides is 3. The van der Waals surface area contributed by atoms with Crippen LogP contribution in [-0.2, 0) is 27.2 Å². The van der Waals surface area contributed by atoms with Crippen molar-refractivity contribution < 1.29 is 18.8 Å². The summed E-state index contributed by atoms with van der Waals surface area (Å²) in [6.07, 6.45) is 0.0902. The van der Waals surface area contributed by atoms with Crippen LogP contribution in [-0.4, -0.2) is 29.8 Å². The second-order valence-corrected chi connectivity index (χ2v) is 7.27. The maximum absolute atomic E-state index is 13.1. The fourth-order valence-electron chi connectivity index (χ4n) is 2.74. The molecule has 2 aromatic rings. The van der Waals surface area contributed by atoms with E-state index in [9.17, 15) is 18.8 Å². The Morgan fingerprint density at radius 2 is 1.55 bits per heavy atom. The number of carbonyl (C=O) groups is 3. The molecule has 0 aliphatic rings. The minimum Gasteiger partial charge on any atom is -0.368 e. The number of hydrogen-bond acceptors (Lipinski definition) is 3. The normalized spacial score (nSPS) is 12.7. The summed E-state index contributed by atoms with van der Waals surface area (Å²) >= 11 is 12.3. The van der Waals surface area contributed by atoms with E-state index >= 15 is 0 Å². The van der Waals surface area contributed by atoms with Gasteiger partial charge >= 0.3 is 0 Å². The molecule has 0 aromatic heterocycles. The van der Waals surface area contributed by atoms with E-state index in [0.29, 0.717) is 21.2 Å². The largest absolute Gasteiger partial charge is 0.368 e. The zero-order valence-corrected chi connectivity index (χ0v) is 17.1. The zero-order valence-electron chi connectivity index (χ0n) is 15.5. The van der Waals surface area contributed by atoms with E-state index in [1.165, 1.54) is 31.2 Å². The molecule has 0 unspecified atom stereocenters. The molecule has 2 rings (SSSR count). The smallest absolute Gasteiger partial charge is 0.243 e. The highest BCUT2D eigenvalue weighted by molar-refractivity contribution is 6.36. The van der Waals surface area contributed by atoms with Crippen molar-refractivity contribution in [3.05, 3.63) is 69.5 Å². The van der Waals surface area contributed by atoms with Gasteiger partial charge in [0.05, 0.1) is 0 Å². The lowest BCUT2D eigenvalue weighted by Crippen LogP contribution is -2.54. The van der Waals surface area contributed by atoms with E-state index in [1.807, 2.05) is 0 Å². The van der Waals surface area contributed by atoms with Crippen molar-refractivity contribution >= 4 is 40.9 Å². The standard InChI is InChI=1S/C20H20Cl2FN3O3/c1-11(27)25-18(9-12-5-7-13(23)8-6-12)20(29)26-17(19(24)28)10-14-15(21)3-2-4-16(14)22/h2-8,17-18H,9-10H2,1H3,(H2,24,28)(H,25,27)(H,26,29)/t17-,18+/m1/s1. The highest BCUT2D eigenvalue weighted by Gasteiger charge is 2.26. The zero-order chi connectivity index (χ0) is 21.6. The van der Waals surface area contributed by atoms with Gasteiger partial charge in [-0.3, -0.25) is 14.4 Å². The van der Waals surface area contributed by atoms with Gasteiger partial charge in [0.15, 0.2) is 0 Å². The highest BCUT2D eigenvalue weighted by Crippen LogP contribution is 2.25. The average Bonchev–Trinajstić information content (AvgIpc) is 2.64. The molecule has 154 valence electrons. The van der Waals surface area contributed by atoms with Gasteiger partial charge in [0, 0.05) is 29.8 Å². The Kier molecular flexibility index (Phi) is 7.99. The van der Waals surface area contributed by atoms with E-state index in [1.54, 1.807) is 18.2 Å². The van der Waals surface area contributed by atoms with Crippen LogP contribution in [0.4, 0.5) is 4.39 Å². The summed E-state index contributed by atoms with van der Waals surface area (Å²) in [5.74, 6) is -2.24. The van der Waals surface area contributed by atoms with Gasteiger partial charge in [0.25, 0.3) is 0 Å². The number of nitrogens with two attached hydrogens (primary N) is 1. The van der Waals surface area contributed by atoms with Crippen molar-refractivity contribution in [2.24, 2.45) is 5.73 Å². The Morgan fingerprint density at radius 3 is 2.07 bits per heavy atom. The van der Waals surface area contributed by atoms with Gasteiger partial charge in [-0.1, -0.05) is 41.4 Å². The third-order valence-corrected chi connectivity index (χ3v) is 4.89. The third kappa shape index (κ3) is 6.73. The minimum atomic E-state index is -1.09. The quantitative estimate of drug-likeness (QED) is 0.588. The lowest BCUT2D eigenvalue weighted by Gasteiger charge is -2.22. The van der Waals surface area contributed by atoms with E-state index < -0.39 is 35.6 Å². The van der Waals surface area contributed by atoms with Crippen molar-refractivity contribution in [3.63, 3.8) is 0 Å². The van der Waals surface area contributed by atoms with E-state index in [-0.39, 0.29) is 12.8 Å². The van der Waals surface area contributed by atoms with Crippen LogP contribution in [0.2, 0.25) is 10.0 Å². The molecule has 0 fully saturated rings. The first-order valence-corrected chi connectivity index (χ1v) is 9.47. The van der Waals surface area contributed by atoms with Gasteiger partial charge < -0.3 is 16.4 Å². The summed E-state index contributed by atoms with van der Waals surface area (Å²) in [6.45, 7) is 1.26. The second-order valence-electron chi connectivity index (χ2n) is 6.45. The van der Waals surface area contributed by atoms with E-state index in [0.717, 1.165) is 0 Å². The van der Waals surface area contributed by atoms with E-state index in [2.05, 4.69) is 10.6 Å². The molecule has 0 heterocycles. The Hall–Kier alpha value is -2.64. The molecule has 4 N–H and O–H groups in total. The minimum absolute atomic E-state index is 0.0110. The monoisotopic (exact) mass is 439 g/mol. The Morgan fingerprint density at radius 1 is 0.966 bits per heavy atom. The van der Waals surface area contributed by atoms with Crippen LogP contribution in [0.5, 0.6) is 0 Å². The highest BCUT2D eigenvalue weighted by atomic mass is 35.5. The van der Waals surface area contributed by atoms with Crippen LogP contribution in [0.3, 0.4) is 0 Å². The number of nitrogens with one attached hydrogen (secondary N) is 2. The molecule has 6 nitrogen and oxygen atoms in total. The topological polar surface area (TPSA) is 101 Å². The van der Waals surface area contributed by atoms with Gasteiger partial charge in [-0.15, -0.1) is 0 Å². The molecule has 0 aliphatic heterocycles. The van der Waals surface area contributed by atoms with Gasteiger partial charge in [-0.2, -0.15) is 0 Å². The Balaban J connectivity index is 2.18. The third-order valence-electron chi connectivity index (χ3n) is 4.18. The van der Waals surface area contributed by atoms with Crippen molar-refractivity contribution in [1.29, 1.82) is 0 Å². The van der Waals surface area contributed by atoms with Crippen LogP contribution in [0.25, 0.3) is 0 Å². The predicted molar refractivity (Wildman–Crippen MR) is 109 cm³/mol. The first-order chi connectivity index (χ1) is 13.7. The molecule has 2 atom stereocenters.